The van der Waals surface area contributed by atoms with Crippen LogP contribution in [0.1, 0.15) is 30.1 Å². The number of benzene rings is 1. The number of nitrogens with zero attached hydrogens (tertiary/aromatic N) is 9. The van der Waals surface area contributed by atoms with Crippen molar-refractivity contribution in [2.45, 2.75) is 32.7 Å². The van der Waals surface area contributed by atoms with E-state index in [2.05, 4.69) is 32.9 Å². The maximum Gasteiger partial charge on any atom is 0.278 e. The molecule has 13 heteroatoms. The molecule has 3 aliphatic rings. The molecule has 45 heavy (non-hydrogen) atoms. The second-order valence-electron chi connectivity index (χ2n) is 11.8. The van der Waals surface area contributed by atoms with Crippen molar-refractivity contribution in [3.05, 3.63) is 70.2 Å². The van der Waals surface area contributed by atoms with Gasteiger partial charge < -0.3 is 19.0 Å². The molecule has 13 nitrogen and oxygen atoms in total. The molecule has 1 saturated heterocycles. The van der Waals surface area contributed by atoms with Gasteiger partial charge in [-0.2, -0.15) is 0 Å². The number of likely N-dealkylation sites (N-methyl/N-ethyl adjacent to an activating group) is 1. The number of oxazole rings is 1. The van der Waals surface area contributed by atoms with Crippen LogP contribution < -0.4 is 20.1 Å². The van der Waals surface area contributed by atoms with E-state index in [1.54, 1.807) is 32.6 Å². The molecule has 1 amide bonds. The summed E-state index contributed by atoms with van der Waals surface area (Å²) < 4.78 is 15.0. The first-order chi connectivity index (χ1) is 21.9. The van der Waals surface area contributed by atoms with Gasteiger partial charge in [0.2, 0.25) is 0 Å². The van der Waals surface area contributed by atoms with Crippen LogP contribution in [0.15, 0.2) is 51.8 Å². The maximum atomic E-state index is 13.7. The second-order valence-corrected chi connectivity index (χ2v) is 11.8. The Bertz CT molecular complexity index is 2050. The summed E-state index contributed by atoms with van der Waals surface area (Å²) in [5, 5.41) is 0.394. The van der Waals surface area contributed by atoms with Crippen molar-refractivity contribution in [3.8, 4) is 11.6 Å². The Morgan fingerprint density at radius 1 is 0.978 bits per heavy atom. The van der Waals surface area contributed by atoms with Gasteiger partial charge in [-0.25, -0.2) is 29.3 Å². The highest BCUT2D eigenvalue weighted by Gasteiger charge is 2.29. The van der Waals surface area contributed by atoms with Crippen LogP contribution >= 0.6 is 0 Å². The van der Waals surface area contributed by atoms with Gasteiger partial charge in [0, 0.05) is 52.3 Å². The van der Waals surface area contributed by atoms with Crippen LogP contribution in [0.5, 0.6) is 5.75 Å². The van der Waals surface area contributed by atoms with E-state index >= 15 is 0 Å². The average molecular weight is 608 g/mol. The number of rotatable bonds is 3. The molecule has 8 rings (SSSR count). The number of pyridine rings is 1. The first-order valence-corrected chi connectivity index (χ1v) is 15.3. The normalized spacial score (nSPS) is 18.0. The Morgan fingerprint density at radius 2 is 1.84 bits per heavy atom. The molecular formula is C32H33N9O4. The molecule has 1 fully saturated rings. The van der Waals surface area contributed by atoms with Gasteiger partial charge in [0.05, 0.1) is 12.2 Å². The van der Waals surface area contributed by atoms with Gasteiger partial charge in [-0.3, -0.25) is 14.5 Å². The quantitative estimate of drug-likeness (QED) is 0.283. The minimum Gasteiger partial charge on any atom is -0.480 e. The largest absolute Gasteiger partial charge is 0.480 e. The first kappa shape index (κ1) is 27.5. The van der Waals surface area contributed by atoms with E-state index in [4.69, 9.17) is 19.1 Å². The van der Waals surface area contributed by atoms with E-state index < -0.39 is 0 Å². The van der Waals surface area contributed by atoms with Crippen LogP contribution in [0.3, 0.4) is 0 Å². The van der Waals surface area contributed by atoms with Crippen molar-refractivity contribution in [2.75, 3.05) is 56.2 Å². The summed E-state index contributed by atoms with van der Waals surface area (Å²) in [6.07, 6.45) is 7.59. The zero-order valence-corrected chi connectivity index (χ0v) is 25.3. The molecule has 0 N–H and O–H groups in total. The summed E-state index contributed by atoms with van der Waals surface area (Å²) in [4.78, 5) is 51.9. The Labute approximate surface area is 258 Å². The van der Waals surface area contributed by atoms with Crippen LogP contribution in [0.2, 0.25) is 0 Å². The fourth-order valence-corrected chi connectivity index (χ4v) is 6.37. The number of allylic oxidation sites excluding steroid dienone is 2. The third-order valence-electron chi connectivity index (χ3n) is 8.72. The van der Waals surface area contributed by atoms with E-state index in [0.29, 0.717) is 59.6 Å². The fourth-order valence-electron chi connectivity index (χ4n) is 6.37. The predicted octanol–water partition coefficient (Wildman–Crippen LogP) is 2.84. The fraction of sp³-hybridized carbons (Fsp3) is 0.375. The summed E-state index contributed by atoms with van der Waals surface area (Å²) in [6.45, 7) is 6.47. The monoisotopic (exact) mass is 607 g/mol. The van der Waals surface area contributed by atoms with Crippen molar-refractivity contribution in [1.29, 1.82) is 0 Å². The predicted molar refractivity (Wildman–Crippen MR) is 168 cm³/mol. The number of anilines is 2. The van der Waals surface area contributed by atoms with Crippen molar-refractivity contribution in [1.82, 2.24) is 34.2 Å². The van der Waals surface area contributed by atoms with Crippen LogP contribution in [-0.4, -0.2) is 86.5 Å². The van der Waals surface area contributed by atoms with Gasteiger partial charge in [-0.05, 0) is 49.7 Å². The molecule has 0 radical (unpaired) electrons. The number of aromatic nitrogens is 6. The number of hydrogen-bond donors (Lipinski definition) is 0. The zero-order valence-electron chi connectivity index (χ0n) is 25.3. The van der Waals surface area contributed by atoms with Gasteiger partial charge in [0.1, 0.15) is 16.7 Å². The summed E-state index contributed by atoms with van der Waals surface area (Å²) >= 11 is 0. The highest BCUT2D eigenvalue weighted by molar-refractivity contribution is 5.96. The number of aryl methyl sites for hydroxylation is 1. The van der Waals surface area contributed by atoms with Crippen LogP contribution in [0, 0.1) is 6.92 Å². The number of amides is 1. The standard InChI is InChI=1S/C32H33N9O4/c1-20-34-29-23(38-13-11-37(2)12-14-38)15-21(16-25(29)45-20)17-26-33-18-22-30(35-26)41-27-8-7-24-31(36-27)39(28(42)19-44-24)9-5-3-4-6-10-40(41)32(22)43/h4,6-8,15-16,18H,3,5,9-14,17,19H2,1-2H3/b6-4-. The molecule has 230 valence electrons. The third-order valence-corrected chi connectivity index (χ3v) is 8.72. The summed E-state index contributed by atoms with van der Waals surface area (Å²) in [6, 6.07) is 7.75. The first-order valence-electron chi connectivity index (χ1n) is 15.3. The van der Waals surface area contributed by atoms with Crippen molar-refractivity contribution >= 4 is 39.5 Å². The molecule has 4 aromatic heterocycles. The van der Waals surface area contributed by atoms with Gasteiger partial charge in [0.15, 0.2) is 41.1 Å². The van der Waals surface area contributed by atoms with E-state index in [9.17, 15) is 9.59 Å². The Morgan fingerprint density at radius 3 is 2.71 bits per heavy atom. The molecule has 2 bridgehead atoms. The number of fused-ring (bicyclic) bond motifs is 6. The second kappa shape index (κ2) is 10.8. The number of carbonyl (C=O) groups is 1. The molecule has 1 aromatic carbocycles. The zero-order chi connectivity index (χ0) is 30.7. The number of carbonyl (C=O) groups excluding carboxylic acids is 1. The molecule has 0 atom stereocenters. The third kappa shape index (κ3) is 4.83. The maximum absolute atomic E-state index is 13.7. The lowest BCUT2D eigenvalue weighted by atomic mass is 10.1. The molecule has 0 aliphatic carbocycles. The number of ether oxygens (including phenoxy) is 1. The lowest BCUT2D eigenvalue weighted by Crippen LogP contribution is -2.44. The molecule has 7 heterocycles. The molecule has 0 unspecified atom stereocenters. The lowest BCUT2D eigenvalue weighted by Gasteiger charge is -2.34. The van der Waals surface area contributed by atoms with Crippen molar-refractivity contribution in [3.63, 3.8) is 0 Å². The van der Waals surface area contributed by atoms with E-state index in [0.717, 1.165) is 61.4 Å². The summed E-state index contributed by atoms with van der Waals surface area (Å²) in [7, 11) is 2.14. The Balaban J connectivity index is 1.23. The van der Waals surface area contributed by atoms with Crippen LogP contribution in [-0.2, 0) is 17.8 Å². The summed E-state index contributed by atoms with van der Waals surface area (Å²) in [5.41, 5.74) is 3.87. The Kier molecular flexibility index (Phi) is 6.63. The van der Waals surface area contributed by atoms with Gasteiger partial charge in [-0.1, -0.05) is 12.2 Å². The smallest absolute Gasteiger partial charge is 0.278 e. The average Bonchev–Trinajstić information content (AvgIpc) is 3.54. The summed E-state index contributed by atoms with van der Waals surface area (Å²) in [5.74, 6) is 2.51. The Hall–Kier alpha value is -5.04. The lowest BCUT2D eigenvalue weighted by molar-refractivity contribution is -0.121. The van der Waals surface area contributed by atoms with Crippen LogP contribution in [0.25, 0.3) is 28.0 Å². The minimum atomic E-state index is -0.210. The van der Waals surface area contributed by atoms with Crippen LogP contribution in [0.4, 0.5) is 11.5 Å². The number of hydrogen-bond acceptors (Lipinski definition) is 10. The highest BCUT2D eigenvalue weighted by atomic mass is 16.5. The molecule has 3 aliphatic heterocycles. The number of piperazine rings is 1. The van der Waals surface area contributed by atoms with Gasteiger partial charge in [-0.15, -0.1) is 0 Å². The molecule has 0 saturated carbocycles. The molecule has 5 aromatic rings. The topological polar surface area (TPSA) is 128 Å². The van der Waals surface area contributed by atoms with Gasteiger partial charge in [0.25, 0.3) is 11.5 Å². The van der Waals surface area contributed by atoms with E-state index in [1.807, 2.05) is 25.1 Å². The van der Waals surface area contributed by atoms with Crippen molar-refractivity contribution in [2.24, 2.45) is 0 Å². The van der Waals surface area contributed by atoms with Crippen molar-refractivity contribution < 1.29 is 13.9 Å². The molecular weight excluding hydrogens is 574 g/mol. The van der Waals surface area contributed by atoms with E-state index in [-0.39, 0.29) is 18.1 Å². The van der Waals surface area contributed by atoms with Gasteiger partial charge >= 0.3 is 0 Å². The molecule has 0 spiro atoms. The minimum absolute atomic E-state index is 0.0203. The van der Waals surface area contributed by atoms with E-state index in [1.165, 1.54) is 0 Å². The highest BCUT2D eigenvalue weighted by Crippen LogP contribution is 2.33. The SMILES string of the molecule is Cc1nc2c(N3CCN(C)CC3)cc(Cc3ncc4c(=O)n5n(c4n3)-c3ccc4c(n3)N(CCC/C=C\C5)C(=O)CO4)cc2o1.